The lowest BCUT2D eigenvalue weighted by atomic mass is 9.97. The fourth-order valence-corrected chi connectivity index (χ4v) is 2.96. The summed E-state index contributed by atoms with van der Waals surface area (Å²) in [5.74, 6) is -1.55. The third-order valence-electron chi connectivity index (χ3n) is 4.69. The van der Waals surface area contributed by atoms with Crippen molar-refractivity contribution in [1.29, 1.82) is 0 Å². The number of carbonyl (C=O) groups excluding carboxylic acids is 1. The van der Waals surface area contributed by atoms with E-state index in [9.17, 15) is 22.8 Å². The summed E-state index contributed by atoms with van der Waals surface area (Å²) in [7, 11) is 0. The van der Waals surface area contributed by atoms with Crippen LogP contribution in [-0.4, -0.2) is 15.6 Å². The molecule has 158 valence electrons. The lowest BCUT2D eigenvalue weighted by Crippen LogP contribution is -2.43. The van der Waals surface area contributed by atoms with Crippen molar-refractivity contribution in [3.8, 4) is 0 Å². The minimum atomic E-state index is -4.59. The molecule has 0 saturated heterocycles. The van der Waals surface area contributed by atoms with Crippen molar-refractivity contribution in [2.75, 3.05) is 5.43 Å². The first-order valence-corrected chi connectivity index (χ1v) is 9.12. The summed E-state index contributed by atoms with van der Waals surface area (Å²) < 4.78 is 55.0. The number of halogens is 4. The van der Waals surface area contributed by atoms with Gasteiger partial charge >= 0.3 is 6.18 Å². The van der Waals surface area contributed by atoms with Gasteiger partial charge in [0.1, 0.15) is 5.82 Å². The number of benzene rings is 2. The molecule has 0 spiro atoms. The number of aromatic nitrogens is 2. The molecule has 30 heavy (non-hydrogen) atoms. The summed E-state index contributed by atoms with van der Waals surface area (Å²) in [6.07, 6.45) is -4.59. The largest absolute Gasteiger partial charge is 0.416 e. The summed E-state index contributed by atoms with van der Waals surface area (Å²) in [4.78, 5) is 29.7. The highest BCUT2D eigenvalue weighted by molar-refractivity contribution is 5.92. The molecule has 2 aromatic carbocycles. The number of hydrogen-bond donors (Lipinski definition) is 1. The number of nitrogens with zero attached hydrogens (tertiary/aromatic N) is 2. The Labute approximate surface area is 169 Å². The molecular formula is C21H19F4N3O2. The van der Waals surface area contributed by atoms with Crippen molar-refractivity contribution in [3.63, 3.8) is 0 Å². The highest BCUT2D eigenvalue weighted by atomic mass is 19.4. The zero-order chi connectivity index (χ0) is 22.3. The van der Waals surface area contributed by atoms with Crippen LogP contribution in [0.3, 0.4) is 0 Å². The van der Waals surface area contributed by atoms with Gasteiger partial charge in [0, 0.05) is 5.92 Å². The first-order valence-electron chi connectivity index (χ1n) is 9.12. The maximum atomic E-state index is 15.2. The van der Waals surface area contributed by atoms with E-state index in [1.54, 1.807) is 32.0 Å². The Morgan fingerprint density at radius 2 is 1.67 bits per heavy atom. The average Bonchev–Trinajstić information content (AvgIpc) is 2.69. The van der Waals surface area contributed by atoms with Gasteiger partial charge in [-0.3, -0.25) is 15.0 Å². The highest BCUT2D eigenvalue weighted by Gasteiger charge is 2.36. The number of rotatable bonds is 4. The Morgan fingerprint density at radius 1 is 1.03 bits per heavy atom. The van der Waals surface area contributed by atoms with E-state index in [0.29, 0.717) is 0 Å². The van der Waals surface area contributed by atoms with Gasteiger partial charge in [0.05, 0.1) is 16.5 Å². The Morgan fingerprint density at radius 3 is 2.23 bits per heavy atom. The van der Waals surface area contributed by atoms with Crippen molar-refractivity contribution in [2.24, 2.45) is 0 Å². The highest BCUT2D eigenvalue weighted by Crippen LogP contribution is 2.31. The maximum absolute atomic E-state index is 15.2. The molecule has 1 N–H and O–H groups in total. The third-order valence-corrected chi connectivity index (χ3v) is 4.69. The van der Waals surface area contributed by atoms with Crippen LogP contribution in [0.2, 0.25) is 0 Å². The van der Waals surface area contributed by atoms with Crippen LogP contribution in [0, 0.1) is 0 Å². The van der Waals surface area contributed by atoms with Gasteiger partial charge in [0.15, 0.2) is 0 Å². The molecule has 0 saturated carbocycles. The van der Waals surface area contributed by atoms with E-state index in [2.05, 4.69) is 10.4 Å². The average molecular weight is 421 g/mol. The number of alkyl halides is 4. The zero-order valence-corrected chi connectivity index (χ0v) is 16.4. The van der Waals surface area contributed by atoms with Gasteiger partial charge < -0.3 is 0 Å². The molecule has 0 aliphatic heterocycles. The summed E-state index contributed by atoms with van der Waals surface area (Å²) in [5, 5.41) is -0.132. The monoisotopic (exact) mass is 421 g/mol. The van der Waals surface area contributed by atoms with E-state index < -0.39 is 34.8 Å². The van der Waals surface area contributed by atoms with Crippen LogP contribution >= 0.6 is 0 Å². The van der Waals surface area contributed by atoms with Crippen LogP contribution in [0.25, 0.3) is 10.9 Å². The van der Waals surface area contributed by atoms with Crippen molar-refractivity contribution < 1.29 is 22.4 Å². The van der Waals surface area contributed by atoms with Gasteiger partial charge in [-0.25, -0.2) is 14.1 Å². The first kappa shape index (κ1) is 21.5. The molecule has 3 aromatic rings. The van der Waals surface area contributed by atoms with E-state index in [4.69, 9.17) is 0 Å². The van der Waals surface area contributed by atoms with E-state index in [0.717, 1.165) is 29.8 Å². The zero-order valence-electron chi connectivity index (χ0n) is 16.4. The number of amides is 1. The molecule has 3 rings (SSSR count). The Kier molecular flexibility index (Phi) is 5.40. The Bertz CT molecular complexity index is 1150. The van der Waals surface area contributed by atoms with E-state index in [1.165, 1.54) is 12.1 Å². The van der Waals surface area contributed by atoms with Crippen molar-refractivity contribution in [3.05, 3.63) is 75.8 Å². The van der Waals surface area contributed by atoms with Gasteiger partial charge in [0.2, 0.25) is 5.67 Å². The summed E-state index contributed by atoms with van der Waals surface area (Å²) in [6.45, 7) is 4.35. The fourth-order valence-electron chi connectivity index (χ4n) is 2.96. The van der Waals surface area contributed by atoms with Gasteiger partial charge in [-0.15, -0.1) is 0 Å². The minimum absolute atomic E-state index is 0.00374. The maximum Gasteiger partial charge on any atom is 0.416 e. The predicted octanol–water partition coefficient (Wildman–Crippen LogP) is 4.49. The number of fused-ring (bicyclic) bond motifs is 1. The van der Waals surface area contributed by atoms with Crippen LogP contribution in [-0.2, 0) is 16.6 Å². The van der Waals surface area contributed by atoms with Gasteiger partial charge in [-0.05, 0) is 30.7 Å². The molecule has 1 amide bonds. The third kappa shape index (κ3) is 3.92. The standard InChI is InChI=1S/C21H19F4N3O2/c1-12(2)17-26-16-11-14(21(23,24)25)9-10-15(16)18(29)28(17)27-19(30)20(3,22)13-7-5-4-6-8-13/h4-12H,1-3H3,(H,27,30). The molecular weight excluding hydrogens is 402 g/mol. The molecule has 0 bridgehead atoms. The minimum Gasteiger partial charge on any atom is -0.269 e. The lowest BCUT2D eigenvalue weighted by Gasteiger charge is -2.23. The van der Waals surface area contributed by atoms with Crippen LogP contribution in [0.15, 0.2) is 53.3 Å². The Balaban J connectivity index is 2.11. The lowest BCUT2D eigenvalue weighted by molar-refractivity contribution is -0.137. The topological polar surface area (TPSA) is 64.0 Å². The number of nitrogens with one attached hydrogen (secondary N) is 1. The second-order valence-electron chi connectivity index (χ2n) is 7.30. The summed E-state index contributed by atoms with van der Waals surface area (Å²) >= 11 is 0. The van der Waals surface area contributed by atoms with Crippen LogP contribution < -0.4 is 11.0 Å². The second kappa shape index (κ2) is 7.55. The molecule has 0 radical (unpaired) electrons. The normalized spacial score (nSPS) is 14.0. The van der Waals surface area contributed by atoms with Crippen LogP contribution in [0.1, 0.15) is 43.6 Å². The smallest absolute Gasteiger partial charge is 0.269 e. The molecule has 1 unspecified atom stereocenters. The Hall–Kier alpha value is -3.23. The van der Waals surface area contributed by atoms with E-state index in [1.807, 2.05) is 0 Å². The molecule has 1 atom stereocenters. The number of carbonyl (C=O) groups is 1. The summed E-state index contributed by atoms with van der Waals surface area (Å²) in [5.41, 5.74) is -2.02. The van der Waals surface area contributed by atoms with Crippen molar-refractivity contribution in [2.45, 2.75) is 38.5 Å². The fraction of sp³-hybridized carbons (Fsp3) is 0.286. The second-order valence-corrected chi connectivity index (χ2v) is 7.30. The van der Waals surface area contributed by atoms with Crippen molar-refractivity contribution >= 4 is 16.8 Å². The van der Waals surface area contributed by atoms with E-state index in [-0.39, 0.29) is 22.3 Å². The van der Waals surface area contributed by atoms with Gasteiger partial charge in [0.25, 0.3) is 11.5 Å². The molecule has 5 nitrogen and oxygen atoms in total. The van der Waals surface area contributed by atoms with Gasteiger partial charge in [-0.1, -0.05) is 44.2 Å². The molecule has 9 heteroatoms. The number of hydrogen-bond acceptors (Lipinski definition) is 3. The van der Waals surface area contributed by atoms with Crippen LogP contribution in [0.5, 0.6) is 0 Å². The summed E-state index contributed by atoms with van der Waals surface area (Å²) in [6, 6.07) is 10.2. The molecule has 1 heterocycles. The predicted molar refractivity (Wildman–Crippen MR) is 104 cm³/mol. The molecule has 0 aliphatic carbocycles. The molecule has 1 aromatic heterocycles. The molecule has 0 aliphatic rings. The van der Waals surface area contributed by atoms with E-state index >= 15 is 4.39 Å². The van der Waals surface area contributed by atoms with Gasteiger partial charge in [-0.2, -0.15) is 13.2 Å². The first-order chi connectivity index (χ1) is 13.9. The van der Waals surface area contributed by atoms with Crippen molar-refractivity contribution in [1.82, 2.24) is 9.66 Å². The quantitative estimate of drug-likeness (QED) is 0.632. The SMILES string of the molecule is CC(C)c1nc2cc(C(F)(F)F)ccc2c(=O)n1NC(=O)C(C)(F)c1ccccc1. The van der Waals surface area contributed by atoms with Crippen LogP contribution in [0.4, 0.5) is 17.6 Å². The molecule has 0 fully saturated rings.